The summed E-state index contributed by atoms with van der Waals surface area (Å²) in [5.74, 6) is 2.83. The molecular weight excluding hydrogens is 240 g/mol. The summed E-state index contributed by atoms with van der Waals surface area (Å²) >= 11 is 0. The minimum atomic E-state index is 0.962. The average molecular weight is 252 g/mol. The molecule has 0 heteroatoms. The second-order valence-electron chi connectivity index (χ2n) is 5.00. The molecule has 0 atom stereocenters. The number of rotatable bonds is 0. The highest BCUT2D eigenvalue weighted by Crippen LogP contribution is 2.34. The van der Waals surface area contributed by atoms with E-state index in [0.717, 1.165) is 10.9 Å². The molecule has 0 saturated carbocycles. The Morgan fingerprint density at radius 1 is 0.650 bits per heavy atom. The van der Waals surface area contributed by atoms with Crippen LogP contribution in [0.2, 0.25) is 0 Å². The van der Waals surface area contributed by atoms with Crippen molar-refractivity contribution >= 4 is 32.3 Å². The van der Waals surface area contributed by atoms with Crippen LogP contribution in [-0.4, -0.2) is 0 Å². The Morgan fingerprint density at radius 3 is 2.05 bits per heavy atom. The minimum Gasteiger partial charge on any atom is -0.115 e. The van der Waals surface area contributed by atoms with Gasteiger partial charge in [0.05, 0.1) is 0 Å². The van der Waals surface area contributed by atoms with Crippen LogP contribution < -0.4 is 0 Å². The normalized spacial score (nSPS) is 10.9. The fourth-order valence-corrected chi connectivity index (χ4v) is 2.99. The first-order chi connectivity index (χ1) is 9.88. The lowest BCUT2D eigenvalue weighted by Crippen LogP contribution is -1.85. The fourth-order valence-electron chi connectivity index (χ4n) is 2.99. The molecule has 20 heavy (non-hydrogen) atoms. The van der Waals surface area contributed by atoms with Crippen LogP contribution >= 0.6 is 0 Å². The molecule has 0 fully saturated rings. The smallest absolute Gasteiger partial charge is 0.0327 e. The first-order valence-corrected chi connectivity index (χ1v) is 6.68. The highest BCUT2D eigenvalue weighted by atomic mass is 14.1. The largest absolute Gasteiger partial charge is 0.115 e. The van der Waals surface area contributed by atoms with Gasteiger partial charge < -0.3 is 0 Å². The monoisotopic (exact) mass is 252 g/mol. The summed E-state index contributed by atoms with van der Waals surface area (Å²) in [4.78, 5) is 0. The number of terminal acetylenes is 1. The van der Waals surface area contributed by atoms with Gasteiger partial charge in [0.2, 0.25) is 0 Å². The highest BCUT2D eigenvalue weighted by Gasteiger charge is 2.08. The SMILES string of the molecule is C#Cc1cc2ccccc2c2c1ccc1ccccc12. The van der Waals surface area contributed by atoms with E-state index in [2.05, 4.69) is 72.7 Å². The summed E-state index contributed by atoms with van der Waals surface area (Å²) in [5, 5.41) is 7.39. The average Bonchev–Trinajstić information content (AvgIpc) is 2.53. The minimum absolute atomic E-state index is 0.962. The molecule has 0 heterocycles. The maximum Gasteiger partial charge on any atom is 0.0327 e. The topological polar surface area (TPSA) is 0 Å². The van der Waals surface area contributed by atoms with Crippen LogP contribution in [0.1, 0.15) is 5.56 Å². The summed E-state index contributed by atoms with van der Waals surface area (Å²) < 4.78 is 0. The lowest BCUT2D eigenvalue weighted by molar-refractivity contribution is 1.74. The van der Waals surface area contributed by atoms with Crippen LogP contribution in [-0.2, 0) is 0 Å². The number of hydrogen-bond donors (Lipinski definition) is 0. The molecule has 0 aliphatic carbocycles. The van der Waals surface area contributed by atoms with E-state index in [0.29, 0.717) is 0 Å². The van der Waals surface area contributed by atoms with Crippen molar-refractivity contribution in [2.75, 3.05) is 0 Å². The molecule has 0 amide bonds. The molecule has 0 bridgehead atoms. The van der Waals surface area contributed by atoms with Gasteiger partial charge in [-0.15, -0.1) is 6.42 Å². The maximum atomic E-state index is 5.70. The van der Waals surface area contributed by atoms with E-state index in [1.54, 1.807) is 0 Å². The van der Waals surface area contributed by atoms with E-state index in [1.807, 2.05) is 0 Å². The number of hydrogen-bond acceptors (Lipinski definition) is 0. The number of benzene rings is 4. The molecule has 0 saturated heterocycles. The number of fused-ring (bicyclic) bond motifs is 5. The Morgan fingerprint density at radius 2 is 1.30 bits per heavy atom. The fraction of sp³-hybridized carbons (Fsp3) is 0. The second-order valence-corrected chi connectivity index (χ2v) is 5.00. The maximum absolute atomic E-state index is 5.70. The van der Waals surface area contributed by atoms with E-state index in [1.165, 1.54) is 26.9 Å². The predicted molar refractivity (Wildman–Crippen MR) is 86.9 cm³/mol. The first-order valence-electron chi connectivity index (χ1n) is 6.68. The molecule has 0 unspecified atom stereocenters. The second kappa shape index (κ2) is 4.11. The van der Waals surface area contributed by atoms with Gasteiger partial charge in [-0.2, -0.15) is 0 Å². The summed E-state index contributed by atoms with van der Waals surface area (Å²) in [6.45, 7) is 0. The van der Waals surface area contributed by atoms with Gasteiger partial charge in [0.25, 0.3) is 0 Å². The van der Waals surface area contributed by atoms with Gasteiger partial charge in [-0.05, 0) is 38.4 Å². The molecular formula is C20H12. The summed E-state index contributed by atoms with van der Waals surface area (Å²) in [6, 6.07) is 23.3. The van der Waals surface area contributed by atoms with Gasteiger partial charge in [0.1, 0.15) is 0 Å². The first kappa shape index (κ1) is 11.1. The van der Waals surface area contributed by atoms with Crippen molar-refractivity contribution in [1.29, 1.82) is 0 Å². The molecule has 0 radical (unpaired) electrons. The van der Waals surface area contributed by atoms with Crippen molar-refractivity contribution < 1.29 is 0 Å². The predicted octanol–water partition coefficient (Wildman–Crippen LogP) is 5.13. The third-order valence-corrected chi connectivity index (χ3v) is 3.90. The third-order valence-electron chi connectivity index (χ3n) is 3.90. The van der Waals surface area contributed by atoms with Crippen molar-refractivity contribution in [2.24, 2.45) is 0 Å². The highest BCUT2D eigenvalue weighted by molar-refractivity contribution is 6.21. The van der Waals surface area contributed by atoms with Gasteiger partial charge >= 0.3 is 0 Å². The Hall–Kier alpha value is -2.78. The van der Waals surface area contributed by atoms with Gasteiger partial charge in [0, 0.05) is 5.56 Å². The molecule has 0 aromatic heterocycles. The van der Waals surface area contributed by atoms with Crippen LogP contribution in [0.4, 0.5) is 0 Å². The van der Waals surface area contributed by atoms with E-state index in [-0.39, 0.29) is 0 Å². The van der Waals surface area contributed by atoms with E-state index >= 15 is 0 Å². The van der Waals surface area contributed by atoms with Crippen molar-refractivity contribution in [3.05, 3.63) is 72.3 Å². The zero-order valence-electron chi connectivity index (χ0n) is 10.9. The molecule has 0 nitrogen and oxygen atoms in total. The zero-order chi connectivity index (χ0) is 13.5. The van der Waals surface area contributed by atoms with Crippen LogP contribution in [0.3, 0.4) is 0 Å². The molecule has 4 rings (SSSR count). The van der Waals surface area contributed by atoms with Crippen molar-refractivity contribution in [3.8, 4) is 12.3 Å². The van der Waals surface area contributed by atoms with Crippen LogP contribution in [0.5, 0.6) is 0 Å². The van der Waals surface area contributed by atoms with Gasteiger partial charge in [0.15, 0.2) is 0 Å². The van der Waals surface area contributed by atoms with Crippen molar-refractivity contribution in [2.45, 2.75) is 0 Å². The van der Waals surface area contributed by atoms with Gasteiger partial charge in [-0.3, -0.25) is 0 Å². The Balaban J connectivity index is 2.41. The third kappa shape index (κ3) is 1.44. The lowest BCUT2D eigenvalue weighted by atomic mass is 9.93. The van der Waals surface area contributed by atoms with E-state index in [4.69, 9.17) is 6.42 Å². The van der Waals surface area contributed by atoms with Crippen molar-refractivity contribution in [3.63, 3.8) is 0 Å². The Kier molecular flexibility index (Phi) is 2.28. The van der Waals surface area contributed by atoms with E-state index < -0.39 is 0 Å². The standard InChI is InChI=1S/C20H12/c1-2-14-13-16-8-4-6-10-18(16)20-17-9-5-3-7-15(17)11-12-19(14)20/h1,3-13H. The molecule has 0 spiro atoms. The molecule has 4 aromatic carbocycles. The Bertz CT molecular complexity index is 985. The zero-order valence-corrected chi connectivity index (χ0v) is 10.9. The molecule has 0 aliphatic heterocycles. The van der Waals surface area contributed by atoms with Gasteiger partial charge in [-0.25, -0.2) is 0 Å². The van der Waals surface area contributed by atoms with E-state index in [9.17, 15) is 0 Å². The summed E-state index contributed by atoms with van der Waals surface area (Å²) in [7, 11) is 0. The summed E-state index contributed by atoms with van der Waals surface area (Å²) in [5.41, 5.74) is 0.962. The molecule has 92 valence electrons. The molecule has 0 N–H and O–H groups in total. The van der Waals surface area contributed by atoms with Crippen LogP contribution in [0.15, 0.2) is 66.7 Å². The quantitative estimate of drug-likeness (QED) is 0.301. The summed E-state index contributed by atoms with van der Waals surface area (Å²) in [6.07, 6.45) is 5.70. The van der Waals surface area contributed by atoms with Crippen LogP contribution in [0.25, 0.3) is 32.3 Å². The van der Waals surface area contributed by atoms with Crippen molar-refractivity contribution in [1.82, 2.24) is 0 Å². The molecule has 0 aliphatic rings. The van der Waals surface area contributed by atoms with Crippen LogP contribution in [0, 0.1) is 12.3 Å². The lowest BCUT2D eigenvalue weighted by Gasteiger charge is -2.10. The molecule has 4 aromatic rings. The Labute approximate surface area is 117 Å². The van der Waals surface area contributed by atoms with Gasteiger partial charge in [-0.1, -0.05) is 66.6 Å².